The van der Waals surface area contributed by atoms with Gasteiger partial charge < -0.3 is 0 Å². The molecule has 0 atom stereocenters. The summed E-state index contributed by atoms with van der Waals surface area (Å²) in [6.07, 6.45) is 0. The highest BCUT2D eigenvalue weighted by molar-refractivity contribution is 6.01. The van der Waals surface area contributed by atoms with Crippen molar-refractivity contribution in [3.05, 3.63) is 109 Å². The molecular weight excluding hydrogens is 364 g/mol. The number of hydrogen-bond donors (Lipinski definition) is 0. The van der Waals surface area contributed by atoms with Gasteiger partial charge in [0.1, 0.15) is 0 Å². The molecule has 0 fully saturated rings. The van der Waals surface area contributed by atoms with Gasteiger partial charge in [0.25, 0.3) is 0 Å². The Bertz CT molecular complexity index is 1540. The van der Waals surface area contributed by atoms with E-state index in [4.69, 9.17) is 9.97 Å². The molecule has 0 N–H and O–H groups in total. The van der Waals surface area contributed by atoms with Crippen LogP contribution < -0.4 is 0 Å². The fourth-order valence-electron chi connectivity index (χ4n) is 4.16. The monoisotopic (exact) mass is 382 g/mol. The molecule has 0 saturated carbocycles. The van der Waals surface area contributed by atoms with Gasteiger partial charge in [-0.25, -0.2) is 9.97 Å². The number of aromatic nitrogens is 2. The van der Waals surface area contributed by atoms with E-state index in [9.17, 15) is 0 Å². The molecule has 4 aromatic carbocycles. The molecule has 0 aliphatic heterocycles. The van der Waals surface area contributed by atoms with E-state index in [0.29, 0.717) is 0 Å². The maximum Gasteiger partial charge on any atom is 0.0809 e. The van der Waals surface area contributed by atoms with Crippen molar-refractivity contribution in [2.24, 2.45) is 0 Å². The van der Waals surface area contributed by atoms with Crippen molar-refractivity contribution in [3.8, 4) is 22.5 Å². The fourth-order valence-corrected chi connectivity index (χ4v) is 4.16. The predicted octanol–water partition coefficient (Wildman–Crippen LogP) is 7.27. The van der Waals surface area contributed by atoms with Crippen molar-refractivity contribution < 1.29 is 0 Å². The van der Waals surface area contributed by atoms with Gasteiger partial charge in [0.15, 0.2) is 0 Å². The zero-order chi connectivity index (χ0) is 19.9. The van der Waals surface area contributed by atoms with Crippen LogP contribution in [-0.4, -0.2) is 9.97 Å². The number of hydrogen-bond acceptors (Lipinski definition) is 2. The third-order valence-corrected chi connectivity index (χ3v) is 5.64. The largest absolute Gasteiger partial charge is 0.248 e. The second-order valence-corrected chi connectivity index (χ2v) is 7.49. The number of benzene rings is 4. The molecule has 2 nitrogen and oxygen atoms in total. The van der Waals surface area contributed by atoms with E-state index in [1.807, 2.05) is 18.2 Å². The maximum atomic E-state index is 5.11. The minimum Gasteiger partial charge on any atom is -0.248 e. The summed E-state index contributed by atoms with van der Waals surface area (Å²) in [7, 11) is 0. The quantitative estimate of drug-likeness (QED) is 0.315. The van der Waals surface area contributed by atoms with Gasteiger partial charge in [-0.05, 0) is 35.0 Å². The van der Waals surface area contributed by atoms with E-state index < -0.39 is 0 Å². The topological polar surface area (TPSA) is 25.8 Å². The number of para-hydroxylation sites is 2. The summed E-state index contributed by atoms with van der Waals surface area (Å²) in [5.41, 5.74) is 6.07. The lowest BCUT2D eigenvalue weighted by Gasteiger charge is -2.13. The summed E-state index contributed by atoms with van der Waals surface area (Å²) >= 11 is 0. The Labute approximate surface area is 174 Å². The average Bonchev–Trinajstić information content (AvgIpc) is 2.82. The Morgan fingerprint density at radius 1 is 0.433 bits per heavy atom. The summed E-state index contributed by atoms with van der Waals surface area (Å²) in [4.78, 5) is 10.1. The maximum absolute atomic E-state index is 5.11. The molecule has 0 aliphatic carbocycles. The Morgan fingerprint density at radius 3 is 1.97 bits per heavy atom. The fraction of sp³-hybridized carbons (Fsp3) is 0. The average molecular weight is 382 g/mol. The molecule has 140 valence electrons. The van der Waals surface area contributed by atoms with E-state index in [0.717, 1.165) is 44.3 Å². The van der Waals surface area contributed by atoms with Crippen molar-refractivity contribution in [2.75, 3.05) is 0 Å². The molecule has 0 amide bonds. The highest BCUT2D eigenvalue weighted by Gasteiger charge is 2.15. The minimum absolute atomic E-state index is 0.940. The van der Waals surface area contributed by atoms with Crippen LogP contribution in [0.3, 0.4) is 0 Å². The van der Waals surface area contributed by atoms with E-state index in [1.54, 1.807) is 0 Å². The first-order valence-corrected chi connectivity index (χ1v) is 10.1. The van der Waals surface area contributed by atoms with Crippen molar-refractivity contribution in [1.29, 1.82) is 0 Å². The van der Waals surface area contributed by atoms with Crippen molar-refractivity contribution in [2.45, 2.75) is 0 Å². The molecule has 0 radical (unpaired) electrons. The van der Waals surface area contributed by atoms with Gasteiger partial charge in [0.2, 0.25) is 0 Å². The second-order valence-electron chi connectivity index (χ2n) is 7.49. The zero-order valence-electron chi connectivity index (χ0n) is 16.3. The summed E-state index contributed by atoms with van der Waals surface area (Å²) in [5, 5.41) is 4.67. The lowest BCUT2D eigenvalue weighted by Crippen LogP contribution is -1.94. The summed E-state index contributed by atoms with van der Waals surface area (Å²) in [6, 6.07) is 37.8. The number of fused-ring (bicyclic) bond motifs is 3. The molecular formula is C28H18N2. The first kappa shape index (κ1) is 16.9. The van der Waals surface area contributed by atoms with Gasteiger partial charge in [0, 0.05) is 21.9 Å². The van der Waals surface area contributed by atoms with Crippen LogP contribution in [0, 0.1) is 0 Å². The molecule has 2 heteroatoms. The molecule has 30 heavy (non-hydrogen) atoms. The molecule has 0 bridgehead atoms. The van der Waals surface area contributed by atoms with Gasteiger partial charge in [-0.2, -0.15) is 0 Å². The van der Waals surface area contributed by atoms with E-state index in [-0.39, 0.29) is 0 Å². The molecule has 6 rings (SSSR count). The third kappa shape index (κ3) is 2.73. The smallest absolute Gasteiger partial charge is 0.0809 e. The number of nitrogens with zero attached hydrogens (tertiary/aromatic N) is 2. The van der Waals surface area contributed by atoms with E-state index >= 15 is 0 Å². The van der Waals surface area contributed by atoms with Crippen LogP contribution in [0.25, 0.3) is 55.1 Å². The molecule has 0 unspecified atom stereocenters. The van der Waals surface area contributed by atoms with Crippen LogP contribution in [0.4, 0.5) is 0 Å². The van der Waals surface area contributed by atoms with Crippen LogP contribution in [0.1, 0.15) is 0 Å². The zero-order valence-corrected chi connectivity index (χ0v) is 16.3. The lowest BCUT2D eigenvalue weighted by molar-refractivity contribution is 1.35. The molecule has 2 aromatic heterocycles. The van der Waals surface area contributed by atoms with Crippen molar-refractivity contribution >= 4 is 32.6 Å². The van der Waals surface area contributed by atoms with Gasteiger partial charge >= 0.3 is 0 Å². The first-order valence-electron chi connectivity index (χ1n) is 10.1. The standard InChI is InChI=1S/C28H18N2/c1-4-12-22-19(8-1)11-7-13-23(22)28-24(18-21-10-3-6-15-26(21)30-28)27-17-16-20-9-2-5-14-25(20)29-27/h1-18H. The van der Waals surface area contributed by atoms with Gasteiger partial charge in [-0.3, -0.25) is 0 Å². The highest BCUT2D eigenvalue weighted by Crippen LogP contribution is 2.36. The van der Waals surface area contributed by atoms with Crippen LogP contribution >= 0.6 is 0 Å². The summed E-state index contributed by atoms with van der Waals surface area (Å²) < 4.78 is 0. The Balaban J connectivity index is 1.70. The summed E-state index contributed by atoms with van der Waals surface area (Å²) in [6.45, 7) is 0. The Hall–Kier alpha value is -4.04. The molecule has 0 aliphatic rings. The Morgan fingerprint density at radius 2 is 1.10 bits per heavy atom. The molecule has 2 heterocycles. The number of pyridine rings is 2. The SMILES string of the molecule is c1ccc2nc(-c3cc4ccccc4nc3-c3cccc4ccccc34)ccc2c1. The highest BCUT2D eigenvalue weighted by atomic mass is 14.7. The third-order valence-electron chi connectivity index (χ3n) is 5.64. The van der Waals surface area contributed by atoms with Crippen LogP contribution in [0.5, 0.6) is 0 Å². The van der Waals surface area contributed by atoms with Crippen LogP contribution in [0.15, 0.2) is 109 Å². The first-order chi connectivity index (χ1) is 14.9. The van der Waals surface area contributed by atoms with Crippen LogP contribution in [0.2, 0.25) is 0 Å². The van der Waals surface area contributed by atoms with Gasteiger partial charge in [0.05, 0.1) is 22.4 Å². The molecule has 0 saturated heterocycles. The number of rotatable bonds is 2. The minimum atomic E-state index is 0.940. The van der Waals surface area contributed by atoms with Gasteiger partial charge in [-0.15, -0.1) is 0 Å². The molecule has 0 spiro atoms. The summed E-state index contributed by atoms with van der Waals surface area (Å²) in [5.74, 6) is 0. The van der Waals surface area contributed by atoms with E-state index in [1.165, 1.54) is 10.8 Å². The van der Waals surface area contributed by atoms with Gasteiger partial charge in [-0.1, -0.05) is 84.9 Å². The van der Waals surface area contributed by atoms with Crippen molar-refractivity contribution in [1.82, 2.24) is 9.97 Å². The van der Waals surface area contributed by atoms with E-state index in [2.05, 4.69) is 91.0 Å². The van der Waals surface area contributed by atoms with Crippen molar-refractivity contribution in [3.63, 3.8) is 0 Å². The lowest BCUT2D eigenvalue weighted by atomic mass is 9.96. The second kappa shape index (κ2) is 6.78. The predicted molar refractivity (Wildman–Crippen MR) is 125 cm³/mol. The Kier molecular flexibility index (Phi) is 3.82. The van der Waals surface area contributed by atoms with Crippen LogP contribution in [-0.2, 0) is 0 Å². The molecule has 6 aromatic rings. The normalized spacial score (nSPS) is 11.3.